The first-order valence-electron chi connectivity index (χ1n) is 3.89. The molecular weight excluding hydrogens is 292 g/mol. The number of hydrogen-bond acceptors (Lipinski definition) is 2. The SMILES string of the molecule is O=S(=O)(CBr)Nc1cccc(C(F)F)c1. The molecule has 0 unspecified atom stereocenters. The van der Waals surface area contributed by atoms with Crippen LogP contribution in [0.4, 0.5) is 14.5 Å². The van der Waals surface area contributed by atoms with Crippen LogP contribution in [0.1, 0.15) is 12.0 Å². The van der Waals surface area contributed by atoms with Gasteiger partial charge in [-0.25, -0.2) is 17.2 Å². The molecule has 1 N–H and O–H groups in total. The largest absolute Gasteiger partial charge is 0.283 e. The van der Waals surface area contributed by atoms with Gasteiger partial charge in [0.1, 0.15) is 4.66 Å². The van der Waals surface area contributed by atoms with Crippen molar-refractivity contribution in [3.8, 4) is 0 Å². The summed E-state index contributed by atoms with van der Waals surface area (Å²) in [5, 5.41) is 0. The highest BCUT2D eigenvalue weighted by atomic mass is 79.9. The maximum atomic E-state index is 12.3. The summed E-state index contributed by atoms with van der Waals surface area (Å²) in [7, 11) is -3.49. The fourth-order valence-electron chi connectivity index (χ4n) is 0.945. The maximum absolute atomic E-state index is 12.3. The van der Waals surface area contributed by atoms with E-state index in [1.807, 2.05) is 0 Å². The summed E-state index contributed by atoms with van der Waals surface area (Å²) in [6.45, 7) is 0. The number of halogens is 3. The molecule has 7 heteroatoms. The van der Waals surface area contributed by atoms with E-state index in [9.17, 15) is 17.2 Å². The Labute approximate surface area is 94.7 Å². The summed E-state index contributed by atoms with van der Waals surface area (Å²) < 4.78 is 48.6. The van der Waals surface area contributed by atoms with Crippen LogP contribution in [0.3, 0.4) is 0 Å². The molecule has 15 heavy (non-hydrogen) atoms. The Kier molecular flexibility index (Phi) is 4.04. The second-order valence-corrected chi connectivity index (χ2v) is 5.78. The van der Waals surface area contributed by atoms with Crippen molar-refractivity contribution in [3.63, 3.8) is 0 Å². The van der Waals surface area contributed by atoms with Gasteiger partial charge in [0.25, 0.3) is 6.43 Å². The lowest BCUT2D eigenvalue weighted by atomic mass is 10.2. The quantitative estimate of drug-likeness (QED) is 0.869. The Balaban J connectivity index is 2.92. The zero-order chi connectivity index (χ0) is 11.5. The minimum Gasteiger partial charge on any atom is -0.283 e. The van der Waals surface area contributed by atoms with Crippen molar-refractivity contribution < 1.29 is 17.2 Å². The van der Waals surface area contributed by atoms with Crippen molar-refractivity contribution in [2.75, 3.05) is 9.38 Å². The normalized spacial score (nSPS) is 11.7. The van der Waals surface area contributed by atoms with Crippen molar-refractivity contribution >= 4 is 31.6 Å². The van der Waals surface area contributed by atoms with Crippen molar-refractivity contribution in [1.82, 2.24) is 0 Å². The fourth-order valence-corrected chi connectivity index (χ4v) is 1.83. The molecule has 1 aromatic rings. The summed E-state index contributed by atoms with van der Waals surface area (Å²) in [4.78, 5) is 0. The van der Waals surface area contributed by atoms with Gasteiger partial charge in [0, 0.05) is 11.3 Å². The second-order valence-electron chi connectivity index (χ2n) is 2.75. The fraction of sp³-hybridized carbons (Fsp3) is 0.250. The van der Waals surface area contributed by atoms with Gasteiger partial charge in [0.05, 0.1) is 0 Å². The van der Waals surface area contributed by atoms with E-state index in [0.717, 1.165) is 6.07 Å². The van der Waals surface area contributed by atoms with Crippen LogP contribution in [0, 0.1) is 0 Å². The smallest absolute Gasteiger partial charge is 0.263 e. The topological polar surface area (TPSA) is 46.2 Å². The molecule has 0 saturated carbocycles. The third kappa shape index (κ3) is 3.75. The van der Waals surface area contributed by atoms with Crippen LogP contribution in [-0.2, 0) is 10.0 Å². The van der Waals surface area contributed by atoms with Crippen molar-refractivity contribution in [1.29, 1.82) is 0 Å². The molecule has 0 fully saturated rings. The number of alkyl halides is 3. The first kappa shape index (κ1) is 12.4. The number of nitrogens with one attached hydrogen (secondary N) is 1. The molecule has 0 spiro atoms. The zero-order valence-corrected chi connectivity index (χ0v) is 9.85. The van der Waals surface area contributed by atoms with E-state index in [1.54, 1.807) is 0 Å². The summed E-state index contributed by atoms with van der Waals surface area (Å²) in [6.07, 6.45) is -2.61. The maximum Gasteiger partial charge on any atom is 0.263 e. The van der Waals surface area contributed by atoms with Crippen LogP contribution >= 0.6 is 15.9 Å². The Hall–Kier alpha value is -0.690. The second kappa shape index (κ2) is 4.89. The lowest BCUT2D eigenvalue weighted by molar-refractivity contribution is 0.151. The average molecular weight is 300 g/mol. The van der Waals surface area contributed by atoms with E-state index in [1.165, 1.54) is 18.2 Å². The summed E-state index contributed by atoms with van der Waals surface area (Å²) in [5.74, 6) is 0. The minimum atomic E-state index is -3.49. The predicted octanol–water partition coefficient (Wildman–Crippen LogP) is 2.72. The molecule has 1 aromatic carbocycles. The van der Waals surface area contributed by atoms with Crippen LogP contribution in [0.2, 0.25) is 0 Å². The predicted molar refractivity (Wildman–Crippen MR) is 57.7 cm³/mol. The van der Waals surface area contributed by atoms with E-state index < -0.39 is 16.4 Å². The minimum absolute atomic E-state index is 0.132. The number of rotatable bonds is 4. The first-order valence-corrected chi connectivity index (χ1v) is 6.66. The zero-order valence-electron chi connectivity index (χ0n) is 7.45. The third-order valence-corrected chi connectivity index (χ3v) is 4.20. The van der Waals surface area contributed by atoms with E-state index in [0.29, 0.717) is 0 Å². The highest BCUT2D eigenvalue weighted by Crippen LogP contribution is 2.22. The van der Waals surface area contributed by atoms with Gasteiger partial charge in [-0.05, 0) is 12.1 Å². The Bertz CT molecular complexity index is 436. The van der Waals surface area contributed by atoms with Gasteiger partial charge in [-0.1, -0.05) is 28.1 Å². The molecule has 0 atom stereocenters. The van der Waals surface area contributed by atoms with Gasteiger partial charge >= 0.3 is 0 Å². The van der Waals surface area contributed by atoms with E-state index in [-0.39, 0.29) is 15.9 Å². The molecular formula is C8H8BrF2NO2S. The molecule has 0 aliphatic heterocycles. The molecule has 0 heterocycles. The Morgan fingerprint density at radius 2 is 2.07 bits per heavy atom. The van der Waals surface area contributed by atoms with Crippen LogP contribution in [0.5, 0.6) is 0 Å². The highest BCUT2D eigenvalue weighted by molar-refractivity contribution is 9.10. The lowest BCUT2D eigenvalue weighted by Gasteiger charge is -2.06. The first-order chi connectivity index (χ1) is 6.94. The monoisotopic (exact) mass is 299 g/mol. The highest BCUT2D eigenvalue weighted by Gasteiger charge is 2.10. The average Bonchev–Trinajstić information content (AvgIpc) is 2.17. The van der Waals surface area contributed by atoms with Gasteiger partial charge in [0.15, 0.2) is 0 Å². The van der Waals surface area contributed by atoms with Gasteiger partial charge in [-0.15, -0.1) is 0 Å². The summed E-state index contributed by atoms with van der Waals surface area (Å²) >= 11 is 2.78. The molecule has 0 radical (unpaired) electrons. The molecule has 0 amide bonds. The molecule has 0 saturated heterocycles. The van der Waals surface area contributed by atoms with Gasteiger partial charge < -0.3 is 0 Å². The van der Waals surface area contributed by atoms with Crippen molar-refractivity contribution in [2.24, 2.45) is 0 Å². The van der Waals surface area contributed by atoms with Crippen LogP contribution in [0.25, 0.3) is 0 Å². The summed E-state index contributed by atoms with van der Waals surface area (Å²) in [5.41, 5.74) is -0.0861. The van der Waals surface area contributed by atoms with Crippen molar-refractivity contribution in [3.05, 3.63) is 29.8 Å². The van der Waals surface area contributed by atoms with E-state index in [4.69, 9.17) is 0 Å². The van der Waals surface area contributed by atoms with Crippen LogP contribution in [0.15, 0.2) is 24.3 Å². The summed E-state index contributed by atoms with van der Waals surface area (Å²) in [6, 6.07) is 5.11. The molecule has 84 valence electrons. The number of benzene rings is 1. The third-order valence-electron chi connectivity index (χ3n) is 1.56. The standard InChI is InChI=1S/C8H8BrF2NO2S/c9-5-15(13,14)12-7-3-1-2-6(4-7)8(10)11/h1-4,8,12H,5H2. The molecule has 0 bridgehead atoms. The van der Waals surface area contributed by atoms with Crippen LogP contribution < -0.4 is 4.72 Å². The molecule has 0 aromatic heterocycles. The lowest BCUT2D eigenvalue weighted by Crippen LogP contribution is -2.13. The van der Waals surface area contributed by atoms with E-state index in [2.05, 4.69) is 20.7 Å². The Morgan fingerprint density at radius 1 is 1.40 bits per heavy atom. The van der Waals surface area contributed by atoms with Gasteiger partial charge in [0.2, 0.25) is 10.0 Å². The number of anilines is 1. The number of hydrogen-bond donors (Lipinski definition) is 1. The molecule has 3 nitrogen and oxygen atoms in total. The van der Waals surface area contributed by atoms with Gasteiger partial charge in [-0.3, -0.25) is 4.72 Å². The van der Waals surface area contributed by atoms with Crippen molar-refractivity contribution in [2.45, 2.75) is 6.43 Å². The molecule has 0 aliphatic carbocycles. The molecule has 1 rings (SSSR count). The van der Waals surface area contributed by atoms with Crippen LogP contribution in [-0.4, -0.2) is 13.1 Å². The molecule has 0 aliphatic rings. The van der Waals surface area contributed by atoms with E-state index >= 15 is 0 Å². The number of sulfonamides is 1. The van der Waals surface area contributed by atoms with Gasteiger partial charge in [-0.2, -0.15) is 0 Å². The Morgan fingerprint density at radius 3 is 2.60 bits per heavy atom.